The van der Waals surface area contributed by atoms with Crippen molar-refractivity contribution >= 4 is 32.8 Å². The van der Waals surface area contributed by atoms with E-state index >= 15 is 0 Å². The molecule has 0 aliphatic carbocycles. The molecule has 0 spiro atoms. The van der Waals surface area contributed by atoms with Crippen molar-refractivity contribution in [2.24, 2.45) is 5.14 Å². The number of aromatic nitrogens is 5. The number of rotatable bonds is 5. The fraction of sp³-hybridized carbons (Fsp3) is 0.190. The third-order valence-electron chi connectivity index (χ3n) is 4.38. The van der Waals surface area contributed by atoms with E-state index in [1.54, 1.807) is 36.5 Å². The minimum absolute atomic E-state index is 0.00235. The van der Waals surface area contributed by atoms with Gasteiger partial charge in [-0.2, -0.15) is 10.2 Å². The summed E-state index contributed by atoms with van der Waals surface area (Å²) >= 11 is 1.39. The largest absolute Gasteiger partial charge is 0.286 e. The predicted molar refractivity (Wildman–Crippen MR) is 125 cm³/mol. The van der Waals surface area contributed by atoms with Gasteiger partial charge in [0, 0.05) is 23.2 Å². The number of fused-ring (bicyclic) bond motifs is 1. The van der Waals surface area contributed by atoms with Crippen molar-refractivity contribution in [1.82, 2.24) is 24.7 Å². The molecule has 9 nitrogen and oxygen atoms in total. The summed E-state index contributed by atoms with van der Waals surface area (Å²) in [4.78, 5) is 21.1. The van der Waals surface area contributed by atoms with Gasteiger partial charge in [-0.1, -0.05) is 37.7 Å². The lowest BCUT2D eigenvalue weighted by molar-refractivity contribution is 0.598. The molecule has 4 aromatic rings. The van der Waals surface area contributed by atoms with Crippen molar-refractivity contribution in [1.29, 1.82) is 0 Å². The normalized spacial score (nSPS) is 11.1. The molecule has 0 amide bonds. The second-order valence-corrected chi connectivity index (χ2v) is 8.71. The molecule has 11 heteroatoms. The zero-order chi connectivity index (χ0) is 23.3. The molecule has 166 valence electrons. The van der Waals surface area contributed by atoms with Crippen molar-refractivity contribution in [3.63, 3.8) is 0 Å². The number of pyridine rings is 1. The Morgan fingerprint density at radius 3 is 2.50 bits per heavy atom. The lowest BCUT2D eigenvalue weighted by Gasteiger charge is -2.09. The summed E-state index contributed by atoms with van der Waals surface area (Å²) in [7, 11) is -3.81. The Labute approximate surface area is 189 Å². The number of hydrogen-bond acceptors (Lipinski definition) is 8. The van der Waals surface area contributed by atoms with Gasteiger partial charge in [0.05, 0.1) is 22.8 Å². The van der Waals surface area contributed by atoms with E-state index in [0.717, 1.165) is 5.39 Å². The van der Waals surface area contributed by atoms with Crippen LogP contribution >= 0.6 is 11.8 Å². The highest BCUT2D eigenvalue weighted by Crippen LogP contribution is 2.20. The lowest BCUT2D eigenvalue weighted by Crippen LogP contribution is -2.21. The average molecular weight is 471 g/mol. The Morgan fingerprint density at radius 1 is 1.06 bits per heavy atom. The molecule has 1 aromatic carbocycles. The molecule has 4 rings (SSSR count). The second kappa shape index (κ2) is 9.98. The maximum Gasteiger partial charge on any atom is 0.252 e. The van der Waals surface area contributed by atoms with Crippen LogP contribution in [-0.4, -0.2) is 39.4 Å². The van der Waals surface area contributed by atoms with Crippen LogP contribution in [0.15, 0.2) is 69.6 Å². The van der Waals surface area contributed by atoms with Gasteiger partial charge in [0.15, 0.2) is 5.16 Å². The number of hydrogen-bond donors (Lipinski definition) is 1. The van der Waals surface area contributed by atoms with E-state index in [9.17, 15) is 13.2 Å². The molecule has 0 atom stereocenters. The van der Waals surface area contributed by atoms with Crippen LogP contribution in [0.1, 0.15) is 19.5 Å². The fourth-order valence-corrected chi connectivity index (χ4v) is 3.79. The maximum atomic E-state index is 12.4. The average Bonchev–Trinajstić information content (AvgIpc) is 2.82. The number of nitrogens with two attached hydrogens (primary N) is 1. The molecule has 0 radical (unpaired) electrons. The number of nitrogens with zero attached hydrogens (tertiary/aromatic N) is 5. The molecule has 0 bridgehead atoms. The van der Waals surface area contributed by atoms with E-state index < -0.39 is 10.0 Å². The number of primary sulfonamides is 1. The van der Waals surface area contributed by atoms with Gasteiger partial charge >= 0.3 is 0 Å². The van der Waals surface area contributed by atoms with Crippen molar-refractivity contribution < 1.29 is 8.42 Å². The summed E-state index contributed by atoms with van der Waals surface area (Å²) in [6.07, 6.45) is 3.54. The van der Waals surface area contributed by atoms with Crippen molar-refractivity contribution in [3.05, 3.63) is 70.8 Å². The van der Waals surface area contributed by atoms with Gasteiger partial charge in [0.1, 0.15) is 5.65 Å². The van der Waals surface area contributed by atoms with Gasteiger partial charge in [-0.05, 0) is 36.6 Å². The van der Waals surface area contributed by atoms with Crippen molar-refractivity contribution in [2.45, 2.75) is 30.4 Å². The quantitative estimate of drug-likeness (QED) is 0.348. The Morgan fingerprint density at radius 2 is 1.84 bits per heavy atom. The molecule has 0 aliphatic heterocycles. The van der Waals surface area contributed by atoms with Gasteiger partial charge in [0.2, 0.25) is 10.0 Å². The Bertz CT molecular complexity index is 1400. The molecule has 32 heavy (non-hydrogen) atoms. The van der Waals surface area contributed by atoms with Crippen LogP contribution < -0.4 is 10.7 Å². The van der Waals surface area contributed by atoms with Crippen LogP contribution in [0.2, 0.25) is 0 Å². The zero-order valence-corrected chi connectivity index (χ0v) is 19.4. The number of thioether (sulfide) groups is 1. The maximum absolute atomic E-state index is 12.4. The van der Waals surface area contributed by atoms with Gasteiger partial charge in [-0.15, -0.1) is 0 Å². The summed E-state index contributed by atoms with van der Waals surface area (Å²) in [5.41, 5.74) is 1.93. The second-order valence-electron chi connectivity index (χ2n) is 6.38. The van der Waals surface area contributed by atoms with Crippen LogP contribution in [0.3, 0.4) is 0 Å². The molecule has 2 N–H and O–H groups in total. The van der Waals surface area contributed by atoms with Crippen LogP contribution in [0, 0.1) is 0 Å². The minimum atomic E-state index is -3.81. The number of sulfonamides is 1. The smallest absolute Gasteiger partial charge is 0.252 e. The van der Waals surface area contributed by atoms with Crippen LogP contribution in [0.25, 0.3) is 22.3 Å². The summed E-state index contributed by atoms with van der Waals surface area (Å²) in [6.45, 7) is 4.19. The lowest BCUT2D eigenvalue weighted by atomic mass is 10.1. The van der Waals surface area contributed by atoms with E-state index in [-0.39, 0.29) is 17.0 Å². The van der Waals surface area contributed by atoms with Crippen LogP contribution in [0.5, 0.6) is 0 Å². The highest BCUT2D eigenvalue weighted by molar-refractivity contribution is 7.98. The summed E-state index contributed by atoms with van der Waals surface area (Å²) in [5.74, 6) is 0. The highest BCUT2D eigenvalue weighted by Gasteiger charge is 2.11. The summed E-state index contributed by atoms with van der Waals surface area (Å²) < 4.78 is 24.6. The van der Waals surface area contributed by atoms with E-state index in [4.69, 9.17) is 5.14 Å². The first-order valence-electron chi connectivity index (χ1n) is 9.71. The summed E-state index contributed by atoms with van der Waals surface area (Å²) in [6, 6.07) is 12.7. The molecule has 0 saturated carbocycles. The standard InChI is InChI=1S/C19H16N6O3S2.C2H6/c1-29-19-21-10-13-5-8-17(26)25(18(13)22-19)11-14-6-7-16(24-23-14)12-3-2-4-15(9-12)30(20,27)28;1-2/h2-10H,11H2,1H3,(H2,20,27,28);1-2H3. The zero-order valence-electron chi connectivity index (χ0n) is 17.8. The topological polar surface area (TPSA) is 134 Å². The molecule has 0 aliphatic rings. The minimum Gasteiger partial charge on any atom is -0.286 e. The van der Waals surface area contributed by atoms with E-state index in [1.807, 2.05) is 20.1 Å². The molecular formula is C21H22N6O3S2. The first kappa shape index (κ1) is 23.5. The third kappa shape index (κ3) is 5.18. The molecule has 3 aromatic heterocycles. The SMILES string of the molecule is CC.CSc1ncc2ccc(=O)n(Cc3ccc(-c4cccc(S(N)(=O)=O)c4)nn3)c2n1. The molecule has 0 saturated heterocycles. The first-order valence-corrected chi connectivity index (χ1v) is 12.5. The number of benzene rings is 1. The van der Waals surface area contributed by atoms with E-state index in [1.165, 1.54) is 34.5 Å². The molecule has 3 heterocycles. The third-order valence-corrected chi connectivity index (χ3v) is 5.85. The van der Waals surface area contributed by atoms with Crippen LogP contribution in [0.4, 0.5) is 0 Å². The van der Waals surface area contributed by atoms with Crippen molar-refractivity contribution in [3.8, 4) is 11.3 Å². The van der Waals surface area contributed by atoms with Gasteiger partial charge in [-0.3, -0.25) is 9.36 Å². The van der Waals surface area contributed by atoms with Crippen LogP contribution in [-0.2, 0) is 16.6 Å². The summed E-state index contributed by atoms with van der Waals surface area (Å²) in [5, 5.41) is 14.9. The Hall–Kier alpha value is -3.15. The van der Waals surface area contributed by atoms with E-state index in [0.29, 0.717) is 27.8 Å². The molecular weight excluding hydrogens is 448 g/mol. The van der Waals surface area contributed by atoms with Gasteiger partial charge in [-0.25, -0.2) is 23.5 Å². The highest BCUT2D eigenvalue weighted by atomic mass is 32.2. The fourth-order valence-electron chi connectivity index (χ4n) is 2.90. The Kier molecular flexibility index (Phi) is 7.33. The Balaban J connectivity index is 0.00000141. The molecule has 0 fully saturated rings. The van der Waals surface area contributed by atoms with Crippen molar-refractivity contribution in [2.75, 3.05) is 6.26 Å². The predicted octanol–water partition coefficient (Wildman–Crippen LogP) is 2.69. The molecule has 0 unspecified atom stereocenters. The first-order chi connectivity index (χ1) is 15.3. The monoisotopic (exact) mass is 470 g/mol. The van der Waals surface area contributed by atoms with Gasteiger partial charge < -0.3 is 0 Å². The van der Waals surface area contributed by atoms with E-state index in [2.05, 4.69) is 20.2 Å². The van der Waals surface area contributed by atoms with Gasteiger partial charge in [0.25, 0.3) is 5.56 Å².